The van der Waals surface area contributed by atoms with Crippen LogP contribution in [0.4, 0.5) is 5.95 Å². The first-order valence-corrected chi connectivity index (χ1v) is 11.2. The molecule has 0 aromatic carbocycles. The van der Waals surface area contributed by atoms with Gasteiger partial charge in [0.05, 0.1) is 19.8 Å². The summed E-state index contributed by atoms with van der Waals surface area (Å²) >= 11 is 1.73. The van der Waals surface area contributed by atoms with E-state index in [4.69, 9.17) is 9.72 Å². The lowest BCUT2D eigenvalue weighted by Gasteiger charge is -2.33. The van der Waals surface area contributed by atoms with Crippen LogP contribution in [0.3, 0.4) is 0 Å². The zero-order chi connectivity index (χ0) is 18.6. The fourth-order valence-corrected chi connectivity index (χ4v) is 4.79. The third-order valence-electron chi connectivity index (χ3n) is 5.43. The normalized spacial score (nSPS) is 23.3. The molecule has 0 bridgehead atoms. The fourth-order valence-electron chi connectivity index (χ4n) is 4.08. The number of hydrogen-bond acceptors (Lipinski definition) is 7. The van der Waals surface area contributed by atoms with Crippen molar-refractivity contribution >= 4 is 17.7 Å². The van der Waals surface area contributed by atoms with Gasteiger partial charge in [-0.1, -0.05) is 25.6 Å². The smallest absolute Gasteiger partial charge is 0.226 e. The Balaban J connectivity index is 1.31. The van der Waals surface area contributed by atoms with Crippen molar-refractivity contribution in [2.24, 2.45) is 0 Å². The highest BCUT2D eigenvalue weighted by Gasteiger charge is 2.29. The largest absolute Gasteiger partial charge is 0.379 e. The molecule has 0 spiro atoms. The summed E-state index contributed by atoms with van der Waals surface area (Å²) in [7, 11) is 0. The molecule has 1 aliphatic carbocycles. The lowest BCUT2D eigenvalue weighted by atomic mass is 9.91. The van der Waals surface area contributed by atoms with Crippen molar-refractivity contribution < 1.29 is 4.74 Å². The first-order valence-electron chi connectivity index (χ1n) is 10.3. The average Bonchev–Trinajstić information content (AvgIpc) is 3.04. The molecule has 1 unspecified atom stereocenters. The lowest BCUT2D eigenvalue weighted by molar-refractivity contribution is 0.0374. The first-order chi connectivity index (χ1) is 13.2. The Morgan fingerprint density at radius 3 is 3.00 bits per heavy atom. The maximum atomic E-state index is 5.43. The van der Waals surface area contributed by atoms with Crippen LogP contribution < -0.4 is 10.6 Å². The molecule has 0 radical (unpaired) electrons. The Labute approximate surface area is 166 Å². The van der Waals surface area contributed by atoms with Crippen LogP contribution >= 0.6 is 11.8 Å². The molecule has 3 aliphatic rings. The van der Waals surface area contributed by atoms with Gasteiger partial charge in [0.25, 0.3) is 0 Å². The minimum absolute atomic E-state index is 0.421. The van der Waals surface area contributed by atoms with E-state index in [-0.39, 0.29) is 0 Å². The maximum Gasteiger partial charge on any atom is 0.226 e. The Morgan fingerprint density at radius 2 is 2.19 bits per heavy atom. The molecule has 1 saturated heterocycles. The van der Waals surface area contributed by atoms with Crippen LogP contribution in [-0.2, 0) is 11.3 Å². The molecule has 27 heavy (non-hydrogen) atoms. The average molecular weight is 393 g/mol. The highest BCUT2D eigenvalue weighted by molar-refractivity contribution is 7.99. The molecular formula is C19H32N6OS. The molecule has 7 nitrogen and oxygen atoms in total. The van der Waals surface area contributed by atoms with Crippen molar-refractivity contribution in [3.05, 3.63) is 11.3 Å². The van der Waals surface area contributed by atoms with Crippen LogP contribution in [-0.4, -0.2) is 70.3 Å². The predicted octanol–water partition coefficient (Wildman–Crippen LogP) is 2.32. The van der Waals surface area contributed by atoms with E-state index in [9.17, 15) is 0 Å². The summed E-state index contributed by atoms with van der Waals surface area (Å²) < 4.78 is 7.46. The van der Waals surface area contributed by atoms with Gasteiger partial charge < -0.3 is 15.4 Å². The number of thioether (sulfide) groups is 1. The molecule has 4 rings (SSSR count). The standard InChI is InChI=1S/C19H32N6OS/c1-14(2)27-19-22-18-21-17-15(13-25(18)23-19)5-3-6-16(17)20-7-4-8-24-9-11-26-12-10-24/h14,16,20H,3-13H2,1-2H3,(H,21,22,23). The second-order valence-corrected chi connectivity index (χ2v) is 9.43. The number of hydrogen-bond donors (Lipinski definition) is 2. The van der Waals surface area contributed by atoms with E-state index in [1.165, 1.54) is 37.0 Å². The number of morpholine rings is 1. The second-order valence-electron chi connectivity index (χ2n) is 7.89. The molecule has 1 atom stereocenters. The van der Waals surface area contributed by atoms with Gasteiger partial charge in [0.1, 0.15) is 0 Å². The number of fused-ring (bicyclic) bond motifs is 1. The molecule has 0 amide bonds. The van der Waals surface area contributed by atoms with Crippen LogP contribution in [0.5, 0.6) is 0 Å². The van der Waals surface area contributed by atoms with E-state index < -0.39 is 0 Å². The van der Waals surface area contributed by atoms with E-state index in [2.05, 4.69) is 34.5 Å². The third kappa shape index (κ3) is 4.85. The second kappa shape index (κ2) is 8.94. The summed E-state index contributed by atoms with van der Waals surface area (Å²) in [4.78, 5) is 7.20. The van der Waals surface area contributed by atoms with E-state index in [0.717, 1.165) is 57.0 Å². The van der Waals surface area contributed by atoms with Gasteiger partial charge in [0.2, 0.25) is 11.1 Å². The number of anilines is 1. The van der Waals surface area contributed by atoms with Crippen molar-refractivity contribution in [1.29, 1.82) is 0 Å². The van der Waals surface area contributed by atoms with Gasteiger partial charge in [0, 0.05) is 30.1 Å². The maximum absolute atomic E-state index is 5.43. The predicted molar refractivity (Wildman–Crippen MR) is 109 cm³/mol. The van der Waals surface area contributed by atoms with E-state index >= 15 is 0 Å². The summed E-state index contributed by atoms with van der Waals surface area (Å²) in [5.74, 6) is 0.902. The Kier molecular flexibility index (Phi) is 6.37. The molecule has 3 heterocycles. The number of aromatic nitrogens is 3. The van der Waals surface area contributed by atoms with Crippen LogP contribution in [0, 0.1) is 0 Å². The van der Waals surface area contributed by atoms with Crippen LogP contribution in [0.2, 0.25) is 0 Å². The lowest BCUT2D eigenvalue weighted by Crippen LogP contribution is -2.41. The molecule has 1 fully saturated rings. The molecular weight excluding hydrogens is 360 g/mol. The Hall–Kier alpha value is -1.09. The molecule has 8 heteroatoms. The summed E-state index contributed by atoms with van der Waals surface area (Å²) in [6, 6.07) is 0.421. The van der Waals surface area contributed by atoms with E-state index in [1.54, 1.807) is 11.8 Å². The quantitative estimate of drug-likeness (QED) is 0.545. The van der Waals surface area contributed by atoms with Crippen molar-refractivity contribution in [2.75, 3.05) is 44.7 Å². The highest BCUT2D eigenvalue weighted by atomic mass is 32.2. The van der Waals surface area contributed by atoms with Crippen LogP contribution in [0.15, 0.2) is 16.4 Å². The summed E-state index contributed by atoms with van der Waals surface area (Å²) in [6.45, 7) is 11.4. The monoisotopic (exact) mass is 392 g/mol. The van der Waals surface area contributed by atoms with Gasteiger partial charge in [-0.3, -0.25) is 4.90 Å². The van der Waals surface area contributed by atoms with Gasteiger partial charge in [-0.25, -0.2) is 4.68 Å². The number of allylic oxidation sites excluding steroid dienone is 1. The topological polar surface area (TPSA) is 67.2 Å². The number of rotatable bonds is 7. The minimum Gasteiger partial charge on any atom is -0.379 e. The molecule has 1 aromatic rings. The zero-order valence-corrected chi connectivity index (χ0v) is 17.4. The number of ether oxygens (including phenoxy) is 1. The third-order valence-corrected chi connectivity index (χ3v) is 6.28. The van der Waals surface area contributed by atoms with Gasteiger partial charge in [-0.05, 0) is 44.3 Å². The fraction of sp³-hybridized carbons (Fsp3) is 0.789. The Morgan fingerprint density at radius 1 is 1.33 bits per heavy atom. The molecule has 2 aliphatic heterocycles. The van der Waals surface area contributed by atoms with Crippen molar-refractivity contribution in [3.8, 4) is 0 Å². The first kappa shape index (κ1) is 19.2. The van der Waals surface area contributed by atoms with Gasteiger partial charge >= 0.3 is 0 Å². The zero-order valence-electron chi connectivity index (χ0n) is 16.5. The SMILES string of the molecule is CC(C)Sc1nc2n(n1)CC1=C(N2)C(NCCCN2CCOCC2)CCC1. The van der Waals surface area contributed by atoms with E-state index in [0.29, 0.717) is 11.3 Å². The molecule has 1 aromatic heterocycles. The summed E-state index contributed by atoms with van der Waals surface area (Å²) in [6.07, 6.45) is 4.80. The number of nitrogens with zero attached hydrogens (tertiary/aromatic N) is 4. The number of nitrogens with one attached hydrogen (secondary N) is 2. The van der Waals surface area contributed by atoms with Crippen LogP contribution in [0.25, 0.3) is 0 Å². The molecule has 0 saturated carbocycles. The van der Waals surface area contributed by atoms with Crippen molar-refractivity contribution in [2.45, 2.75) is 62.5 Å². The van der Waals surface area contributed by atoms with Gasteiger partial charge in [0.15, 0.2) is 0 Å². The van der Waals surface area contributed by atoms with Crippen LogP contribution in [0.1, 0.15) is 39.5 Å². The van der Waals surface area contributed by atoms with E-state index in [1.807, 2.05) is 4.68 Å². The highest BCUT2D eigenvalue weighted by Crippen LogP contribution is 2.32. The Bertz CT molecular complexity index is 667. The van der Waals surface area contributed by atoms with Crippen molar-refractivity contribution in [1.82, 2.24) is 25.0 Å². The molecule has 150 valence electrons. The summed E-state index contributed by atoms with van der Waals surface area (Å²) in [5, 5.41) is 13.4. The minimum atomic E-state index is 0.421. The molecule has 2 N–H and O–H groups in total. The van der Waals surface area contributed by atoms with Gasteiger partial charge in [-0.2, -0.15) is 4.98 Å². The summed E-state index contributed by atoms with van der Waals surface area (Å²) in [5.41, 5.74) is 2.85. The van der Waals surface area contributed by atoms with Crippen molar-refractivity contribution in [3.63, 3.8) is 0 Å². The van der Waals surface area contributed by atoms with Gasteiger partial charge in [-0.15, -0.1) is 5.10 Å².